The van der Waals surface area contributed by atoms with Crippen LogP contribution in [0.15, 0.2) is 4.99 Å². The van der Waals surface area contributed by atoms with Gasteiger partial charge in [-0.05, 0) is 6.85 Å². The Balaban J connectivity index is 2.61. The van der Waals surface area contributed by atoms with E-state index in [1.54, 1.807) is 0 Å². The SMILES string of the molecule is [2H]C([2H])([2H])C1=NCCS1. The van der Waals surface area contributed by atoms with Gasteiger partial charge < -0.3 is 0 Å². The minimum absolute atomic E-state index is 0.322. The van der Waals surface area contributed by atoms with E-state index in [9.17, 15) is 0 Å². The third-order valence-electron chi connectivity index (χ3n) is 0.585. The highest BCUT2D eigenvalue weighted by molar-refractivity contribution is 8.14. The standard InChI is InChI=1S/C4H7NS/c1-4-5-2-3-6-4/h2-3H2,1H3/i1D3. The van der Waals surface area contributed by atoms with Crippen LogP contribution in [0.4, 0.5) is 0 Å². The molecule has 0 fully saturated rings. The summed E-state index contributed by atoms with van der Waals surface area (Å²) in [7, 11) is 0. The topological polar surface area (TPSA) is 12.4 Å². The number of nitrogens with zero attached hydrogens (tertiary/aromatic N) is 1. The lowest BCUT2D eigenvalue weighted by molar-refractivity contribution is 1.17. The smallest absolute Gasteiger partial charge is 0.0645 e. The molecule has 34 valence electrons. The van der Waals surface area contributed by atoms with Crippen LogP contribution in [0.25, 0.3) is 0 Å². The van der Waals surface area contributed by atoms with Gasteiger partial charge in [-0.1, -0.05) is 0 Å². The van der Waals surface area contributed by atoms with Crippen LogP contribution in [0.2, 0.25) is 0 Å². The first-order valence-electron chi connectivity index (χ1n) is 3.28. The van der Waals surface area contributed by atoms with Gasteiger partial charge in [-0.25, -0.2) is 0 Å². The zero-order chi connectivity index (χ0) is 6.91. The summed E-state index contributed by atoms with van der Waals surface area (Å²) >= 11 is 1.34. The van der Waals surface area contributed by atoms with E-state index < -0.39 is 6.85 Å². The first kappa shape index (κ1) is 1.86. The maximum atomic E-state index is 6.91. The molecule has 0 spiro atoms. The van der Waals surface area contributed by atoms with Gasteiger partial charge in [0.15, 0.2) is 0 Å². The molecule has 1 rings (SSSR count). The van der Waals surface area contributed by atoms with Gasteiger partial charge in [0.25, 0.3) is 0 Å². The number of thioether (sulfide) groups is 1. The highest BCUT2D eigenvalue weighted by Crippen LogP contribution is 2.09. The van der Waals surface area contributed by atoms with Crippen molar-refractivity contribution < 1.29 is 4.11 Å². The first-order chi connectivity index (χ1) is 4.11. The van der Waals surface area contributed by atoms with E-state index in [1.807, 2.05) is 0 Å². The van der Waals surface area contributed by atoms with Crippen LogP contribution in [-0.4, -0.2) is 17.3 Å². The predicted molar refractivity (Wildman–Crippen MR) is 30.4 cm³/mol. The summed E-state index contributed by atoms with van der Waals surface area (Å²) < 4.78 is 20.7. The van der Waals surface area contributed by atoms with E-state index in [-0.39, 0.29) is 0 Å². The van der Waals surface area contributed by atoms with Crippen molar-refractivity contribution in [1.82, 2.24) is 0 Å². The summed E-state index contributed by atoms with van der Waals surface area (Å²) in [6.45, 7) is -1.29. The Labute approximate surface area is 46.1 Å². The highest BCUT2D eigenvalue weighted by Gasteiger charge is 1.97. The lowest BCUT2D eigenvalue weighted by Crippen LogP contribution is -1.70. The Hall–Kier alpha value is 0.0200. The van der Waals surface area contributed by atoms with Crippen LogP contribution in [0.1, 0.15) is 11.0 Å². The van der Waals surface area contributed by atoms with Crippen LogP contribution >= 0.6 is 11.8 Å². The average molecular weight is 104 g/mol. The van der Waals surface area contributed by atoms with Crippen LogP contribution in [0.5, 0.6) is 0 Å². The third kappa shape index (κ3) is 0.744. The van der Waals surface area contributed by atoms with Gasteiger partial charge in [0.05, 0.1) is 5.04 Å². The summed E-state index contributed by atoms with van der Waals surface area (Å²) in [6, 6.07) is 0. The molecule has 0 aromatic heterocycles. The van der Waals surface area contributed by atoms with Crippen LogP contribution in [0, 0.1) is 0 Å². The number of aliphatic imine (C=N–C) groups is 1. The van der Waals surface area contributed by atoms with Gasteiger partial charge in [-0.2, -0.15) is 0 Å². The Morgan fingerprint density at radius 3 is 3.50 bits per heavy atom. The molecule has 0 radical (unpaired) electrons. The fourth-order valence-electron chi connectivity index (χ4n) is 0.335. The van der Waals surface area contributed by atoms with Gasteiger partial charge in [0, 0.05) is 16.4 Å². The molecule has 0 unspecified atom stereocenters. The van der Waals surface area contributed by atoms with Crippen molar-refractivity contribution in [2.45, 2.75) is 6.85 Å². The molecule has 0 saturated carbocycles. The molecule has 1 aliphatic rings. The Morgan fingerprint density at radius 2 is 3.17 bits per heavy atom. The normalized spacial score (nSPS) is 30.7. The van der Waals surface area contributed by atoms with E-state index in [4.69, 9.17) is 4.11 Å². The molecule has 1 nitrogen and oxygen atoms in total. The average Bonchev–Trinajstić information content (AvgIpc) is 2.08. The maximum Gasteiger partial charge on any atom is 0.0645 e. The molecule has 0 aromatic rings. The molecule has 0 saturated heterocycles. The lowest BCUT2D eigenvalue weighted by atomic mass is 10.8. The van der Waals surface area contributed by atoms with E-state index in [0.29, 0.717) is 11.6 Å². The van der Waals surface area contributed by atoms with E-state index in [2.05, 4.69) is 4.99 Å². The van der Waals surface area contributed by atoms with Crippen LogP contribution in [0.3, 0.4) is 0 Å². The predicted octanol–water partition coefficient (Wildman–Crippen LogP) is 1.15. The maximum absolute atomic E-state index is 6.91. The summed E-state index contributed by atoms with van der Waals surface area (Å²) in [4.78, 5) is 3.82. The fraction of sp³-hybridized carbons (Fsp3) is 0.750. The molecular formula is C4H7NS. The van der Waals surface area contributed by atoms with Crippen molar-refractivity contribution in [2.75, 3.05) is 12.3 Å². The quantitative estimate of drug-likeness (QED) is 0.449. The summed E-state index contributed by atoms with van der Waals surface area (Å²) in [5.41, 5.74) is 0. The highest BCUT2D eigenvalue weighted by atomic mass is 32.2. The zero-order valence-corrected chi connectivity index (χ0v) is 4.09. The van der Waals surface area contributed by atoms with Crippen molar-refractivity contribution in [1.29, 1.82) is 0 Å². The zero-order valence-electron chi connectivity index (χ0n) is 6.27. The Bertz CT molecular complexity index is 139. The van der Waals surface area contributed by atoms with Crippen molar-refractivity contribution >= 4 is 16.8 Å². The Kier molecular flexibility index (Phi) is 0.512. The van der Waals surface area contributed by atoms with Crippen molar-refractivity contribution in [3.8, 4) is 0 Å². The molecular weight excluding hydrogens is 94.1 g/mol. The minimum Gasteiger partial charge on any atom is -0.282 e. The van der Waals surface area contributed by atoms with Crippen molar-refractivity contribution in [3.05, 3.63) is 0 Å². The summed E-state index contributed by atoms with van der Waals surface area (Å²) in [6.07, 6.45) is 0. The second kappa shape index (κ2) is 1.65. The number of rotatable bonds is 0. The van der Waals surface area contributed by atoms with Crippen molar-refractivity contribution in [2.24, 2.45) is 4.99 Å². The number of hydrogen-bond acceptors (Lipinski definition) is 2. The molecule has 0 aliphatic carbocycles. The first-order valence-corrected chi connectivity index (χ1v) is 2.77. The third-order valence-corrected chi connectivity index (χ3v) is 1.37. The van der Waals surface area contributed by atoms with Crippen molar-refractivity contribution in [3.63, 3.8) is 0 Å². The lowest BCUT2D eigenvalue weighted by Gasteiger charge is -1.76. The van der Waals surface area contributed by atoms with Gasteiger partial charge in [0.1, 0.15) is 0 Å². The van der Waals surface area contributed by atoms with Gasteiger partial charge in [-0.15, -0.1) is 11.8 Å². The molecule has 6 heavy (non-hydrogen) atoms. The molecule has 0 aromatic carbocycles. The molecule has 2 heteroatoms. The molecule has 0 bridgehead atoms. The molecule has 1 heterocycles. The monoisotopic (exact) mass is 104 g/mol. The summed E-state index contributed by atoms with van der Waals surface area (Å²) in [5.74, 6) is 0.827. The van der Waals surface area contributed by atoms with E-state index in [0.717, 1.165) is 5.75 Å². The van der Waals surface area contributed by atoms with Crippen LogP contribution in [-0.2, 0) is 0 Å². The molecule has 0 atom stereocenters. The van der Waals surface area contributed by atoms with E-state index >= 15 is 0 Å². The second-order valence-electron chi connectivity index (χ2n) is 1.04. The fourth-order valence-corrected chi connectivity index (χ4v) is 0.894. The second-order valence-corrected chi connectivity index (χ2v) is 2.12. The summed E-state index contributed by atoms with van der Waals surface area (Å²) in [5, 5.41) is 0.322. The van der Waals surface area contributed by atoms with E-state index in [1.165, 1.54) is 11.8 Å². The largest absolute Gasteiger partial charge is 0.282 e. The molecule has 1 aliphatic heterocycles. The number of hydrogen-bond donors (Lipinski definition) is 0. The van der Waals surface area contributed by atoms with Gasteiger partial charge in [-0.3, -0.25) is 4.99 Å². The Morgan fingerprint density at radius 1 is 2.17 bits per heavy atom. The van der Waals surface area contributed by atoms with Crippen LogP contribution < -0.4 is 0 Å². The van der Waals surface area contributed by atoms with Gasteiger partial charge in [0.2, 0.25) is 0 Å². The molecule has 0 amide bonds. The van der Waals surface area contributed by atoms with Gasteiger partial charge >= 0.3 is 0 Å². The minimum atomic E-state index is -1.96. The molecule has 0 N–H and O–H groups in total.